The number of hydrogen-bond acceptors (Lipinski definition) is 4. The Morgan fingerprint density at radius 2 is 1.42 bits per heavy atom. The van der Waals surface area contributed by atoms with Gasteiger partial charge in [-0.05, 0) is 35.7 Å². The topological polar surface area (TPSA) is 44.8 Å². The molecule has 0 saturated heterocycles. The maximum atomic E-state index is 13.2. The minimum absolute atomic E-state index is 0.0393. The van der Waals surface area contributed by atoms with Crippen LogP contribution < -0.4 is 0 Å². The highest BCUT2D eigenvalue weighted by atomic mass is 28.4. The van der Waals surface area contributed by atoms with Crippen LogP contribution in [-0.2, 0) is 31.9 Å². The molecule has 0 N–H and O–H groups in total. The summed E-state index contributed by atoms with van der Waals surface area (Å²) in [5.74, 6) is 0.0668. The van der Waals surface area contributed by atoms with Crippen molar-refractivity contribution >= 4 is 14.1 Å². The molecule has 1 aliphatic rings. The van der Waals surface area contributed by atoms with Crippen LogP contribution in [0.4, 0.5) is 0 Å². The summed E-state index contributed by atoms with van der Waals surface area (Å²) in [6, 6.07) is 20.0. The number of carbonyl (C=O) groups excluding carboxylic acids is 1. The van der Waals surface area contributed by atoms with Gasteiger partial charge >= 0.3 is 0 Å². The molecule has 5 heteroatoms. The summed E-state index contributed by atoms with van der Waals surface area (Å²) in [7, 11) is -2.12. The zero-order chi connectivity index (χ0) is 23.9. The fourth-order valence-corrected chi connectivity index (χ4v) is 4.83. The lowest BCUT2D eigenvalue weighted by Crippen LogP contribution is -2.52. The second-order valence-corrected chi connectivity index (χ2v) is 15.0. The first-order chi connectivity index (χ1) is 15.7. The molecule has 1 aliphatic carbocycles. The van der Waals surface area contributed by atoms with Crippen molar-refractivity contribution in [3.63, 3.8) is 0 Å². The van der Waals surface area contributed by atoms with Gasteiger partial charge in [0.05, 0.1) is 19.3 Å². The lowest BCUT2D eigenvalue weighted by molar-refractivity contribution is -0.154. The molecule has 33 heavy (non-hydrogen) atoms. The van der Waals surface area contributed by atoms with Gasteiger partial charge in [-0.15, -0.1) is 0 Å². The third-order valence-electron chi connectivity index (χ3n) is 6.62. The van der Waals surface area contributed by atoms with Gasteiger partial charge in [0.15, 0.2) is 14.1 Å². The Kier molecular flexibility index (Phi) is 8.82. The monoisotopic (exact) mass is 466 g/mol. The van der Waals surface area contributed by atoms with E-state index in [1.807, 2.05) is 60.7 Å². The van der Waals surface area contributed by atoms with Crippen LogP contribution in [0.15, 0.2) is 72.8 Å². The number of rotatable bonds is 8. The molecule has 2 aromatic carbocycles. The van der Waals surface area contributed by atoms with Crippen molar-refractivity contribution in [1.82, 2.24) is 0 Å². The van der Waals surface area contributed by atoms with Crippen molar-refractivity contribution in [2.45, 2.75) is 83.3 Å². The van der Waals surface area contributed by atoms with E-state index in [2.05, 4.69) is 46.0 Å². The average molecular weight is 467 g/mol. The number of benzene rings is 2. The summed E-state index contributed by atoms with van der Waals surface area (Å²) in [6.45, 7) is 11.9. The first kappa shape index (κ1) is 25.6. The van der Waals surface area contributed by atoms with Gasteiger partial charge < -0.3 is 13.9 Å². The molecule has 0 amide bonds. The molecule has 0 unspecified atom stereocenters. The largest absolute Gasteiger partial charge is 0.408 e. The first-order valence-corrected chi connectivity index (χ1v) is 14.8. The van der Waals surface area contributed by atoms with Crippen molar-refractivity contribution in [3.8, 4) is 0 Å². The molecule has 0 aromatic heterocycles. The lowest BCUT2D eigenvalue weighted by atomic mass is 9.97. The molecule has 0 aliphatic heterocycles. The van der Waals surface area contributed by atoms with Crippen LogP contribution in [0.3, 0.4) is 0 Å². The quantitative estimate of drug-likeness (QED) is 0.330. The summed E-state index contributed by atoms with van der Waals surface area (Å²) in [6.07, 6.45) is 3.71. The van der Waals surface area contributed by atoms with Crippen LogP contribution >= 0.6 is 0 Å². The summed E-state index contributed by atoms with van der Waals surface area (Å²) in [4.78, 5) is 13.2. The van der Waals surface area contributed by atoms with Crippen LogP contribution in [-0.4, -0.2) is 32.4 Å². The smallest absolute Gasteiger partial charge is 0.193 e. The van der Waals surface area contributed by atoms with Gasteiger partial charge in [-0.1, -0.05) is 93.6 Å². The molecule has 0 bridgehead atoms. The fourth-order valence-electron chi connectivity index (χ4n) is 3.58. The highest BCUT2D eigenvalue weighted by molar-refractivity contribution is 6.74. The van der Waals surface area contributed by atoms with E-state index < -0.39 is 20.5 Å². The Bertz CT molecular complexity index is 902. The summed E-state index contributed by atoms with van der Waals surface area (Å²) in [5, 5.41) is 0.0393. The van der Waals surface area contributed by atoms with Gasteiger partial charge in [-0.25, -0.2) is 0 Å². The third-order valence-corrected chi connectivity index (χ3v) is 11.1. The molecule has 4 nitrogen and oxygen atoms in total. The molecular formula is C28H38O4Si. The lowest BCUT2D eigenvalue weighted by Gasteiger charge is -2.42. The van der Waals surface area contributed by atoms with Crippen molar-refractivity contribution in [3.05, 3.63) is 83.9 Å². The van der Waals surface area contributed by atoms with Gasteiger partial charge in [0.25, 0.3) is 0 Å². The molecule has 178 valence electrons. The maximum absolute atomic E-state index is 13.2. The van der Waals surface area contributed by atoms with E-state index in [1.165, 1.54) is 0 Å². The second-order valence-electron chi connectivity index (χ2n) is 10.3. The predicted octanol–water partition coefficient (Wildman–Crippen LogP) is 6.47. The van der Waals surface area contributed by atoms with Crippen LogP contribution in [0, 0.1) is 0 Å². The number of hydrogen-bond donors (Lipinski definition) is 0. The van der Waals surface area contributed by atoms with E-state index >= 15 is 0 Å². The van der Waals surface area contributed by atoms with E-state index in [4.69, 9.17) is 13.9 Å². The molecule has 3 rings (SSSR count). The molecule has 0 radical (unpaired) electrons. The van der Waals surface area contributed by atoms with Gasteiger partial charge in [-0.3, -0.25) is 4.79 Å². The third kappa shape index (κ3) is 7.21. The van der Waals surface area contributed by atoms with E-state index in [0.717, 1.165) is 11.1 Å². The van der Waals surface area contributed by atoms with Gasteiger partial charge in [0, 0.05) is 6.42 Å². The standard InChI is InChI=1S/C28H38O4Si/c1-28(2,3)33(4,5)32-25-19-13-12-18-24(29)26(30-20-22-14-8-6-9-15-22)27(25)31-21-23-16-10-7-11-17-23/h6-11,13-17,19,25-27H,12,18,20-21H2,1-5H3/b19-13-/t25-,26+,27-/m1/s1. The SMILES string of the molecule is CC(C)(C)[Si](C)(C)O[C@@H]1/C=C\CCC(=O)[C@H](OCc2ccccc2)[C@@H]1OCc1ccccc1. The van der Waals surface area contributed by atoms with Crippen LogP contribution in [0.25, 0.3) is 0 Å². The van der Waals surface area contributed by atoms with Crippen LogP contribution in [0.5, 0.6) is 0 Å². The van der Waals surface area contributed by atoms with Gasteiger partial charge in [-0.2, -0.15) is 0 Å². The number of ether oxygens (including phenoxy) is 2. The summed E-state index contributed by atoms with van der Waals surface area (Å²) in [5.41, 5.74) is 2.09. The average Bonchev–Trinajstić information content (AvgIpc) is 2.77. The predicted molar refractivity (Wildman–Crippen MR) is 135 cm³/mol. The fraction of sp³-hybridized carbons (Fsp3) is 0.464. The van der Waals surface area contributed by atoms with E-state index in [-0.39, 0.29) is 16.9 Å². The molecule has 0 spiro atoms. The number of ketones is 1. The Morgan fingerprint density at radius 3 is 1.97 bits per heavy atom. The van der Waals surface area contributed by atoms with Gasteiger partial charge in [0.1, 0.15) is 12.2 Å². The first-order valence-electron chi connectivity index (χ1n) is 11.9. The molecular weight excluding hydrogens is 428 g/mol. The number of Topliss-reactive ketones (excluding diaryl/α,β-unsaturated/α-hetero) is 1. The maximum Gasteiger partial charge on any atom is 0.193 e. The summed E-state index contributed by atoms with van der Waals surface area (Å²) >= 11 is 0. The minimum atomic E-state index is -2.12. The Morgan fingerprint density at radius 1 is 0.879 bits per heavy atom. The van der Waals surface area contributed by atoms with Crippen LogP contribution in [0.2, 0.25) is 18.1 Å². The Labute approximate surface area is 200 Å². The second kappa shape index (κ2) is 11.4. The van der Waals surface area contributed by atoms with Crippen molar-refractivity contribution in [2.24, 2.45) is 0 Å². The molecule has 2 aromatic rings. The van der Waals surface area contributed by atoms with Crippen molar-refractivity contribution < 1.29 is 18.7 Å². The van der Waals surface area contributed by atoms with E-state index in [9.17, 15) is 4.79 Å². The summed E-state index contributed by atoms with van der Waals surface area (Å²) < 4.78 is 19.5. The highest BCUT2D eigenvalue weighted by Crippen LogP contribution is 2.38. The molecule has 0 fully saturated rings. The van der Waals surface area contributed by atoms with Gasteiger partial charge in [0.2, 0.25) is 0 Å². The van der Waals surface area contributed by atoms with Crippen molar-refractivity contribution in [2.75, 3.05) is 0 Å². The number of allylic oxidation sites excluding steroid dienone is 1. The minimum Gasteiger partial charge on any atom is -0.408 e. The zero-order valence-corrected chi connectivity index (χ0v) is 21.6. The molecule has 0 saturated carbocycles. The zero-order valence-electron chi connectivity index (χ0n) is 20.6. The van der Waals surface area contributed by atoms with Crippen LogP contribution in [0.1, 0.15) is 44.7 Å². The molecule has 3 atom stereocenters. The highest BCUT2D eigenvalue weighted by Gasteiger charge is 2.43. The number of carbonyl (C=O) groups is 1. The van der Waals surface area contributed by atoms with E-state index in [1.54, 1.807) is 0 Å². The Hall–Kier alpha value is -2.05. The van der Waals surface area contributed by atoms with E-state index in [0.29, 0.717) is 26.1 Å². The Balaban J connectivity index is 1.89. The van der Waals surface area contributed by atoms with Crippen molar-refractivity contribution in [1.29, 1.82) is 0 Å². The molecule has 0 heterocycles. The normalized spacial score (nSPS) is 23.1.